The molecule has 2 rings (SSSR count). The summed E-state index contributed by atoms with van der Waals surface area (Å²) in [6, 6.07) is 0.365. The van der Waals surface area contributed by atoms with Crippen LogP contribution in [0, 0.1) is 5.92 Å². The predicted octanol–water partition coefficient (Wildman–Crippen LogP) is 5.32. The van der Waals surface area contributed by atoms with Crippen molar-refractivity contribution in [2.24, 2.45) is 15.9 Å². The monoisotopic (exact) mass is 298 g/mol. The Bertz CT molecular complexity index is 595. The Balaban J connectivity index is 2.39. The maximum Gasteiger partial charge on any atom is 0.0744 e. The summed E-state index contributed by atoms with van der Waals surface area (Å²) < 4.78 is 0. The molecule has 0 aromatic heterocycles. The van der Waals surface area contributed by atoms with Crippen molar-refractivity contribution in [3.05, 3.63) is 34.9 Å². The molecule has 0 aromatic carbocycles. The first-order valence-corrected chi connectivity index (χ1v) is 8.52. The van der Waals surface area contributed by atoms with E-state index in [1.807, 2.05) is 0 Å². The molecule has 0 saturated carbocycles. The van der Waals surface area contributed by atoms with Gasteiger partial charge in [-0.15, -0.1) is 0 Å². The van der Waals surface area contributed by atoms with Crippen molar-refractivity contribution < 1.29 is 0 Å². The van der Waals surface area contributed by atoms with Gasteiger partial charge in [-0.1, -0.05) is 26.8 Å². The van der Waals surface area contributed by atoms with Crippen LogP contribution < -0.4 is 0 Å². The largest absolute Gasteiger partial charge is 0.282 e. The second-order valence-electron chi connectivity index (χ2n) is 7.56. The average Bonchev–Trinajstić information content (AvgIpc) is 2.36. The Morgan fingerprint density at radius 1 is 1.18 bits per heavy atom. The summed E-state index contributed by atoms with van der Waals surface area (Å²) in [4.78, 5) is 9.87. The van der Waals surface area contributed by atoms with Crippen LogP contribution in [-0.2, 0) is 0 Å². The summed E-state index contributed by atoms with van der Waals surface area (Å²) in [5, 5.41) is 0. The van der Waals surface area contributed by atoms with Crippen molar-refractivity contribution >= 4 is 11.4 Å². The van der Waals surface area contributed by atoms with Gasteiger partial charge in [-0.3, -0.25) is 9.98 Å². The van der Waals surface area contributed by atoms with E-state index in [4.69, 9.17) is 9.98 Å². The van der Waals surface area contributed by atoms with Crippen molar-refractivity contribution in [1.29, 1.82) is 0 Å². The fourth-order valence-electron chi connectivity index (χ4n) is 3.37. The van der Waals surface area contributed by atoms with Crippen molar-refractivity contribution in [1.82, 2.24) is 0 Å². The normalized spacial score (nSPS) is 23.5. The molecular formula is C20H30N2. The predicted molar refractivity (Wildman–Crippen MR) is 98.1 cm³/mol. The minimum Gasteiger partial charge on any atom is -0.282 e. The van der Waals surface area contributed by atoms with Crippen LogP contribution in [0.25, 0.3) is 0 Å². The van der Waals surface area contributed by atoms with E-state index in [0.717, 1.165) is 18.6 Å². The number of rotatable bonds is 4. The van der Waals surface area contributed by atoms with Gasteiger partial charge in [-0.05, 0) is 69.8 Å². The Hall–Kier alpha value is -1.44. The molecule has 1 unspecified atom stereocenters. The van der Waals surface area contributed by atoms with Crippen LogP contribution in [0.1, 0.15) is 61.3 Å². The van der Waals surface area contributed by atoms with Gasteiger partial charge in [0.15, 0.2) is 0 Å². The van der Waals surface area contributed by atoms with Crippen LogP contribution in [0.3, 0.4) is 0 Å². The lowest BCUT2D eigenvalue weighted by Crippen LogP contribution is -2.27. The average molecular weight is 298 g/mol. The Morgan fingerprint density at radius 3 is 2.45 bits per heavy atom. The van der Waals surface area contributed by atoms with Crippen molar-refractivity contribution in [2.75, 3.05) is 0 Å². The minimum absolute atomic E-state index is 0.107. The molecule has 1 atom stereocenters. The molecule has 2 heteroatoms. The third kappa shape index (κ3) is 3.85. The molecule has 0 bridgehead atoms. The Labute approximate surface area is 135 Å². The third-order valence-electron chi connectivity index (χ3n) is 4.13. The highest BCUT2D eigenvalue weighted by atomic mass is 14.9. The number of dihydropyridines is 1. The number of hydrogen-bond donors (Lipinski definition) is 0. The first-order chi connectivity index (χ1) is 10.2. The molecule has 2 nitrogen and oxygen atoms in total. The first-order valence-electron chi connectivity index (χ1n) is 8.52. The van der Waals surface area contributed by atoms with Crippen LogP contribution in [-0.4, -0.2) is 23.0 Å². The molecule has 1 heterocycles. The second kappa shape index (κ2) is 6.36. The van der Waals surface area contributed by atoms with Gasteiger partial charge in [-0.2, -0.15) is 0 Å². The number of nitrogens with zero attached hydrogens (tertiary/aromatic N) is 2. The first kappa shape index (κ1) is 16.9. The number of hydrogen-bond acceptors (Lipinski definition) is 2. The van der Waals surface area contributed by atoms with E-state index in [1.54, 1.807) is 0 Å². The molecule has 2 aliphatic rings. The van der Waals surface area contributed by atoms with E-state index >= 15 is 0 Å². The topological polar surface area (TPSA) is 24.7 Å². The summed E-state index contributed by atoms with van der Waals surface area (Å²) in [7, 11) is 0. The summed E-state index contributed by atoms with van der Waals surface area (Å²) in [6.45, 7) is 15.4. The zero-order chi connectivity index (χ0) is 16.5. The highest BCUT2D eigenvalue weighted by Gasteiger charge is 2.27. The van der Waals surface area contributed by atoms with Gasteiger partial charge in [0, 0.05) is 11.6 Å². The van der Waals surface area contributed by atoms with E-state index in [1.165, 1.54) is 22.4 Å². The summed E-state index contributed by atoms with van der Waals surface area (Å²) in [6.07, 6.45) is 8.84. The standard InChI is InChI=1S/C20H30N2/c1-8-16-10-17(21-15(5)9-13(2)3)11-18-14(4)12-20(6,7)22-19(16)18/h10-13,15H,8-9H2,1-7H3. The van der Waals surface area contributed by atoms with Crippen LogP contribution in [0.15, 0.2) is 44.9 Å². The Morgan fingerprint density at radius 2 is 1.86 bits per heavy atom. The van der Waals surface area contributed by atoms with E-state index < -0.39 is 0 Å². The molecule has 0 saturated heterocycles. The van der Waals surface area contributed by atoms with Gasteiger partial charge in [0.1, 0.15) is 0 Å². The maximum atomic E-state index is 4.95. The lowest BCUT2D eigenvalue weighted by Gasteiger charge is -2.29. The zero-order valence-corrected chi connectivity index (χ0v) is 15.2. The number of aliphatic imine (C=N–C) groups is 2. The van der Waals surface area contributed by atoms with Gasteiger partial charge in [-0.25, -0.2) is 0 Å². The van der Waals surface area contributed by atoms with E-state index in [0.29, 0.717) is 12.0 Å². The van der Waals surface area contributed by atoms with Crippen LogP contribution in [0.5, 0.6) is 0 Å². The van der Waals surface area contributed by atoms with Gasteiger partial charge in [0.2, 0.25) is 0 Å². The van der Waals surface area contributed by atoms with Crippen molar-refractivity contribution in [3.63, 3.8) is 0 Å². The lowest BCUT2D eigenvalue weighted by molar-refractivity contribution is 0.522. The summed E-state index contributed by atoms with van der Waals surface area (Å²) >= 11 is 0. The smallest absolute Gasteiger partial charge is 0.0744 e. The highest BCUT2D eigenvalue weighted by Crippen LogP contribution is 2.32. The van der Waals surface area contributed by atoms with Gasteiger partial charge < -0.3 is 0 Å². The molecule has 120 valence electrons. The van der Waals surface area contributed by atoms with Crippen LogP contribution >= 0.6 is 0 Å². The van der Waals surface area contributed by atoms with Gasteiger partial charge in [0.05, 0.1) is 17.0 Å². The third-order valence-corrected chi connectivity index (χ3v) is 4.13. The quantitative estimate of drug-likeness (QED) is 0.628. The molecular weight excluding hydrogens is 268 g/mol. The van der Waals surface area contributed by atoms with E-state index in [2.05, 4.69) is 66.7 Å². The molecule has 0 aromatic rings. The molecule has 1 aliphatic carbocycles. The zero-order valence-electron chi connectivity index (χ0n) is 15.2. The molecule has 0 amide bonds. The fraction of sp³-hybridized carbons (Fsp3) is 0.600. The van der Waals surface area contributed by atoms with Crippen molar-refractivity contribution in [2.45, 2.75) is 72.9 Å². The molecule has 0 fully saturated rings. The lowest BCUT2D eigenvalue weighted by atomic mass is 9.83. The molecule has 22 heavy (non-hydrogen) atoms. The number of allylic oxidation sites excluding steroid dienone is 5. The highest BCUT2D eigenvalue weighted by molar-refractivity contribution is 6.26. The minimum atomic E-state index is -0.107. The maximum absolute atomic E-state index is 4.95. The molecule has 0 spiro atoms. The van der Waals surface area contributed by atoms with Crippen molar-refractivity contribution in [3.8, 4) is 0 Å². The second-order valence-corrected chi connectivity index (χ2v) is 7.56. The summed E-state index contributed by atoms with van der Waals surface area (Å²) in [5.41, 5.74) is 6.06. The molecule has 0 N–H and O–H groups in total. The van der Waals surface area contributed by atoms with Gasteiger partial charge >= 0.3 is 0 Å². The van der Waals surface area contributed by atoms with Gasteiger partial charge in [0.25, 0.3) is 0 Å². The number of fused-ring (bicyclic) bond motifs is 1. The fourth-order valence-corrected chi connectivity index (χ4v) is 3.37. The van der Waals surface area contributed by atoms with E-state index in [9.17, 15) is 0 Å². The van der Waals surface area contributed by atoms with Crippen LogP contribution in [0.4, 0.5) is 0 Å². The van der Waals surface area contributed by atoms with E-state index in [-0.39, 0.29) is 5.54 Å². The molecule has 1 aliphatic heterocycles. The van der Waals surface area contributed by atoms with Crippen LogP contribution in [0.2, 0.25) is 0 Å². The summed E-state index contributed by atoms with van der Waals surface area (Å²) in [5.74, 6) is 0.680. The molecule has 0 radical (unpaired) electrons. The SMILES string of the molecule is CCC1=CC(=NC(C)CC(C)C)C=C2C(C)=CC(C)(C)N=C12. The Kier molecular flexibility index (Phi) is 4.89.